The van der Waals surface area contributed by atoms with Crippen molar-refractivity contribution in [1.29, 1.82) is 0 Å². The Morgan fingerprint density at radius 1 is 1.16 bits per heavy atom. The molecule has 0 aliphatic carbocycles. The van der Waals surface area contributed by atoms with Crippen LogP contribution in [0.25, 0.3) is 11.3 Å². The molecule has 0 radical (unpaired) electrons. The van der Waals surface area contributed by atoms with Gasteiger partial charge in [0.2, 0.25) is 5.13 Å². The molecule has 4 nitrogen and oxygen atoms in total. The van der Waals surface area contributed by atoms with Crippen LogP contribution in [0.4, 0.5) is 5.13 Å². The van der Waals surface area contributed by atoms with Crippen molar-refractivity contribution in [1.82, 2.24) is 4.98 Å². The van der Waals surface area contributed by atoms with E-state index in [0.29, 0.717) is 15.2 Å². The molecule has 1 N–H and O–H groups in total. The Hall–Kier alpha value is -2.08. The summed E-state index contributed by atoms with van der Waals surface area (Å²) >= 11 is 13.6. The molecule has 25 heavy (non-hydrogen) atoms. The van der Waals surface area contributed by atoms with Gasteiger partial charge in [0.15, 0.2) is 0 Å². The number of hydrazone groups is 1. The van der Waals surface area contributed by atoms with Gasteiger partial charge in [-0.05, 0) is 55.0 Å². The first-order chi connectivity index (χ1) is 12.1. The zero-order valence-electron chi connectivity index (χ0n) is 13.6. The fourth-order valence-corrected chi connectivity index (χ4v) is 3.33. The van der Waals surface area contributed by atoms with E-state index in [1.165, 1.54) is 11.3 Å². The monoisotopic (exact) mass is 391 g/mol. The van der Waals surface area contributed by atoms with E-state index in [9.17, 15) is 0 Å². The summed E-state index contributed by atoms with van der Waals surface area (Å²) in [6.07, 6.45) is 0. The van der Waals surface area contributed by atoms with Crippen molar-refractivity contribution >= 4 is 45.4 Å². The van der Waals surface area contributed by atoms with Crippen LogP contribution in [0, 0.1) is 0 Å². The highest BCUT2D eigenvalue weighted by Gasteiger charge is 2.09. The maximum atomic E-state index is 6.23. The van der Waals surface area contributed by atoms with Gasteiger partial charge in [-0.1, -0.05) is 23.2 Å². The summed E-state index contributed by atoms with van der Waals surface area (Å²) in [6, 6.07) is 13.1. The number of halogens is 2. The van der Waals surface area contributed by atoms with Crippen molar-refractivity contribution in [3.8, 4) is 17.0 Å². The highest BCUT2D eigenvalue weighted by Crippen LogP contribution is 2.32. The zero-order chi connectivity index (χ0) is 17.8. The van der Waals surface area contributed by atoms with Gasteiger partial charge in [0, 0.05) is 16.0 Å². The second-order valence-electron chi connectivity index (χ2n) is 5.20. The maximum Gasteiger partial charge on any atom is 0.203 e. The topological polar surface area (TPSA) is 46.5 Å². The van der Waals surface area contributed by atoms with E-state index in [2.05, 4.69) is 15.5 Å². The van der Waals surface area contributed by atoms with Crippen molar-refractivity contribution in [3.05, 3.63) is 63.5 Å². The minimum Gasteiger partial charge on any atom is -0.497 e. The Kier molecular flexibility index (Phi) is 5.58. The van der Waals surface area contributed by atoms with Crippen molar-refractivity contribution in [2.24, 2.45) is 5.10 Å². The van der Waals surface area contributed by atoms with E-state index in [-0.39, 0.29) is 0 Å². The molecule has 0 aliphatic heterocycles. The Morgan fingerprint density at radius 3 is 2.60 bits per heavy atom. The molecule has 0 aliphatic rings. The third-order valence-corrected chi connectivity index (χ3v) is 4.83. The van der Waals surface area contributed by atoms with Crippen LogP contribution in [0.5, 0.6) is 5.75 Å². The minimum absolute atomic E-state index is 0.572. The molecule has 0 bridgehead atoms. The van der Waals surface area contributed by atoms with Gasteiger partial charge >= 0.3 is 0 Å². The lowest BCUT2D eigenvalue weighted by Gasteiger charge is -2.03. The van der Waals surface area contributed by atoms with Crippen LogP contribution in [0.15, 0.2) is 52.9 Å². The summed E-state index contributed by atoms with van der Waals surface area (Å²) in [5, 5.41) is 8.17. The summed E-state index contributed by atoms with van der Waals surface area (Å²) in [7, 11) is 1.64. The number of anilines is 1. The summed E-state index contributed by atoms with van der Waals surface area (Å²) in [5.74, 6) is 0.814. The molecule has 128 valence electrons. The van der Waals surface area contributed by atoms with Gasteiger partial charge in [-0.2, -0.15) is 5.10 Å². The highest BCUT2D eigenvalue weighted by molar-refractivity contribution is 7.14. The van der Waals surface area contributed by atoms with Gasteiger partial charge < -0.3 is 4.74 Å². The second-order valence-corrected chi connectivity index (χ2v) is 6.90. The van der Waals surface area contributed by atoms with Crippen molar-refractivity contribution in [3.63, 3.8) is 0 Å². The number of nitrogens with one attached hydrogen (secondary N) is 1. The van der Waals surface area contributed by atoms with E-state index in [1.54, 1.807) is 19.2 Å². The molecule has 2 aromatic carbocycles. The average molecular weight is 392 g/mol. The predicted octanol–water partition coefficient (Wildman–Crippen LogP) is 5.96. The van der Waals surface area contributed by atoms with Crippen LogP contribution in [-0.4, -0.2) is 17.8 Å². The number of nitrogens with zero attached hydrogens (tertiary/aromatic N) is 2. The molecule has 3 rings (SSSR count). The third-order valence-electron chi connectivity index (χ3n) is 3.54. The number of hydrogen-bond donors (Lipinski definition) is 1. The van der Waals surface area contributed by atoms with Crippen molar-refractivity contribution < 1.29 is 4.74 Å². The molecule has 0 unspecified atom stereocenters. The summed E-state index contributed by atoms with van der Waals surface area (Å²) in [6.45, 7) is 1.93. The third kappa shape index (κ3) is 4.31. The van der Waals surface area contributed by atoms with E-state index in [4.69, 9.17) is 27.9 Å². The number of rotatable bonds is 5. The standard InChI is InChI=1S/C18H15Cl2N3OS/c1-11(12-3-6-14(24-2)7-4-12)22-23-18-21-17(10-25-18)15-8-5-13(19)9-16(15)20/h3-10H,1-2H3,(H,21,23)/b22-11-. The molecule has 0 spiro atoms. The summed E-state index contributed by atoms with van der Waals surface area (Å²) in [5.41, 5.74) is 6.47. The van der Waals surface area contributed by atoms with E-state index in [0.717, 1.165) is 28.3 Å². The zero-order valence-corrected chi connectivity index (χ0v) is 15.9. The van der Waals surface area contributed by atoms with Gasteiger partial charge in [0.05, 0.1) is 23.5 Å². The smallest absolute Gasteiger partial charge is 0.203 e. The molecule has 1 aromatic heterocycles. The predicted molar refractivity (Wildman–Crippen MR) is 106 cm³/mol. The van der Waals surface area contributed by atoms with Crippen LogP contribution in [0.2, 0.25) is 10.0 Å². The fraction of sp³-hybridized carbons (Fsp3) is 0.111. The lowest BCUT2D eigenvalue weighted by molar-refractivity contribution is 0.415. The van der Waals surface area contributed by atoms with Crippen LogP contribution < -0.4 is 10.2 Å². The quantitative estimate of drug-likeness (QED) is 0.430. The summed E-state index contributed by atoms with van der Waals surface area (Å²) < 4.78 is 5.16. The molecule has 7 heteroatoms. The van der Waals surface area contributed by atoms with Gasteiger partial charge in [-0.25, -0.2) is 4.98 Å². The number of thiazole rings is 1. The van der Waals surface area contributed by atoms with Gasteiger partial charge in [0.1, 0.15) is 5.75 Å². The first-order valence-electron chi connectivity index (χ1n) is 7.42. The Morgan fingerprint density at radius 2 is 1.92 bits per heavy atom. The molecule has 0 amide bonds. The Labute approximate surface area is 160 Å². The Bertz CT molecular complexity index is 907. The van der Waals surface area contributed by atoms with Gasteiger partial charge in [-0.3, -0.25) is 5.43 Å². The highest BCUT2D eigenvalue weighted by atomic mass is 35.5. The molecular weight excluding hydrogens is 377 g/mol. The molecular formula is C18H15Cl2N3OS. The average Bonchev–Trinajstić information content (AvgIpc) is 3.08. The van der Waals surface area contributed by atoms with Crippen LogP contribution in [-0.2, 0) is 0 Å². The molecule has 0 atom stereocenters. The number of methoxy groups -OCH3 is 1. The second kappa shape index (κ2) is 7.87. The number of aromatic nitrogens is 1. The normalized spacial score (nSPS) is 11.4. The first kappa shape index (κ1) is 17.7. The summed E-state index contributed by atoms with van der Waals surface area (Å²) in [4.78, 5) is 4.52. The number of ether oxygens (including phenoxy) is 1. The lowest BCUT2D eigenvalue weighted by atomic mass is 10.1. The number of benzene rings is 2. The van der Waals surface area contributed by atoms with E-state index < -0.39 is 0 Å². The molecule has 0 saturated heterocycles. The lowest BCUT2D eigenvalue weighted by Crippen LogP contribution is -1.99. The van der Waals surface area contributed by atoms with Gasteiger partial charge in [-0.15, -0.1) is 11.3 Å². The van der Waals surface area contributed by atoms with Crippen LogP contribution in [0.1, 0.15) is 12.5 Å². The van der Waals surface area contributed by atoms with Crippen molar-refractivity contribution in [2.75, 3.05) is 12.5 Å². The largest absolute Gasteiger partial charge is 0.497 e. The van der Waals surface area contributed by atoms with Crippen molar-refractivity contribution in [2.45, 2.75) is 6.92 Å². The van der Waals surface area contributed by atoms with Gasteiger partial charge in [0.25, 0.3) is 0 Å². The van der Waals surface area contributed by atoms with Crippen LogP contribution in [0.3, 0.4) is 0 Å². The van der Waals surface area contributed by atoms with E-state index in [1.807, 2.05) is 42.6 Å². The SMILES string of the molecule is COc1ccc(/C(C)=N\Nc2nc(-c3ccc(Cl)cc3Cl)cs2)cc1. The van der Waals surface area contributed by atoms with E-state index >= 15 is 0 Å². The molecule has 3 aromatic rings. The fourth-order valence-electron chi connectivity index (χ4n) is 2.17. The minimum atomic E-state index is 0.572. The molecule has 0 fully saturated rings. The maximum absolute atomic E-state index is 6.23. The number of hydrogen-bond acceptors (Lipinski definition) is 5. The Balaban J connectivity index is 1.74. The van der Waals surface area contributed by atoms with Crippen LogP contribution >= 0.6 is 34.5 Å². The first-order valence-corrected chi connectivity index (χ1v) is 9.06. The molecule has 1 heterocycles. The molecule has 0 saturated carbocycles.